The number of amides is 1. The van der Waals surface area contributed by atoms with Crippen LogP contribution in [0.15, 0.2) is 78.9 Å². The first kappa shape index (κ1) is 21.9. The molecule has 1 heterocycles. The fraction of sp³-hybridized carbons (Fsp3) is 0.0800. The van der Waals surface area contributed by atoms with Gasteiger partial charge < -0.3 is 10.1 Å². The van der Waals surface area contributed by atoms with E-state index in [2.05, 4.69) is 10.4 Å². The van der Waals surface area contributed by atoms with Gasteiger partial charge in [-0.2, -0.15) is 5.10 Å². The number of carbonyl (C=O) groups is 2. The van der Waals surface area contributed by atoms with E-state index in [1.54, 1.807) is 49.4 Å². The van der Waals surface area contributed by atoms with Crippen LogP contribution < -0.4 is 5.32 Å². The van der Waals surface area contributed by atoms with Crippen molar-refractivity contribution in [2.45, 2.75) is 6.92 Å². The van der Waals surface area contributed by atoms with Gasteiger partial charge in [0, 0.05) is 16.8 Å². The quantitative estimate of drug-likeness (QED) is 0.410. The van der Waals surface area contributed by atoms with Crippen LogP contribution in [0.2, 0.25) is 0 Å². The first-order chi connectivity index (χ1) is 15.9. The van der Waals surface area contributed by atoms with E-state index in [1.165, 1.54) is 41.1 Å². The number of ether oxygens (including phenoxy) is 1. The Morgan fingerprint density at radius 2 is 1.61 bits per heavy atom. The number of anilines is 1. The van der Waals surface area contributed by atoms with Gasteiger partial charge in [0.2, 0.25) is 0 Å². The molecule has 166 valence electrons. The summed E-state index contributed by atoms with van der Waals surface area (Å²) in [4.78, 5) is 24.8. The predicted octanol–water partition coefficient (Wildman–Crippen LogP) is 5.25. The smallest absolute Gasteiger partial charge is 0.358 e. The van der Waals surface area contributed by atoms with Gasteiger partial charge in [0.25, 0.3) is 5.91 Å². The first-order valence-electron chi connectivity index (χ1n) is 10.1. The molecule has 0 saturated carbocycles. The third-order valence-electron chi connectivity index (χ3n) is 4.79. The maximum atomic E-state index is 13.4. The van der Waals surface area contributed by atoms with Crippen molar-refractivity contribution < 1.29 is 23.1 Å². The molecular weight excluding hydrogens is 428 g/mol. The second-order valence-electron chi connectivity index (χ2n) is 7.07. The number of benzene rings is 3. The highest BCUT2D eigenvalue weighted by Crippen LogP contribution is 2.27. The van der Waals surface area contributed by atoms with E-state index in [4.69, 9.17) is 4.74 Å². The molecule has 0 atom stereocenters. The number of nitrogens with one attached hydrogen (secondary N) is 1. The number of halogens is 2. The van der Waals surface area contributed by atoms with Crippen molar-refractivity contribution in [3.8, 4) is 16.9 Å². The highest BCUT2D eigenvalue weighted by atomic mass is 19.1. The molecule has 33 heavy (non-hydrogen) atoms. The second kappa shape index (κ2) is 9.44. The molecule has 1 amide bonds. The summed E-state index contributed by atoms with van der Waals surface area (Å²) in [6.07, 6.45) is 0. The van der Waals surface area contributed by atoms with E-state index in [1.807, 2.05) is 0 Å². The summed E-state index contributed by atoms with van der Waals surface area (Å²) < 4.78 is 33.1. The van der Waals surface area contributed by atoms with Crippen LogP contribution in [-0.4, -0.2) is 28.3 Å². The summed E-state index contributed by atoms with van der Waals surface area (Å²) in [5.41, 5.74) is 2.63. The maximum absolute atomic E-state index is 13.4. The number of esters is 1. The topological polar surface area (TPSA) is 73.2 Å². The third kappa shape index (κ3) is 4.95. The van der Waals surface area contributed by atoms with Crippen LogP contribution in [0.5, 0.6) is 0 Å². The number of nitrogens with zero attached hydrogens (tertiary/aromatic N) is 2. The molecule has 0 unspecified atom stereocenters. The molecule has 0 aliphatic rings. The van der Waals surface area contributed by atoms with Gasteiger partial charge in [0.15, 0.2) is 5.69 Å². The van der Waals surface area contributed by atoms with Gasteiger partial charge in [-0.05, 0) is 73.7 Å². The van der Waals surface area contributed by atoms with Crippen molar-refractivity contribution in [2.24, 2.45) is 0 Å². The Hall–Kier alpha value is -4.33. The molecular formula is C25H19F2N3O3. The van der Waals surface area contributed by atoms with Crippen molar-refractivity contribution in [2.75, 3.05) is 11.9 Å². The molecule has 1 N–H and O–H groups in total. The van der Waals surface area contributed by atoms with Gasteiger partial charge in [-0.25, -0.2) is 18.3 Å². The number of carbonyl (C=O) groups excluding carboxylic acids is 2. The van der Waals surface area contributed by atoms with Crippen molar-refractivity contribution >= 4 is 17.6 Å². The van der Waals surface area contributed by atoms with E-state index in [9.17, 15) is 18.4 Å². The minimum Gasteiger partial charge on any atom is -0.461 e. The zero-order valence-electron chi connectivity index (χ0n) is 17.6. The van der Waals surface area contributed by atoms with Crippen molar-refractivity contribution in [1.82, 2.24) is 9.78 Å². The van der Waals surface area contributed by atoms with E-state index in [0.29, 0.717) is 28.2 Å². The van der Waals surface area contributed by atoms with E-state index in [-0.39, 0.29) is 12.3 Å². The summed E-state index contributed by atoms with van der Waals surface area (Å²) in [6.45, 7) is 1.89. The molecule has 0 fully saturated rings. The fourth-order valence-electron chi connectivity index (χ4n) is 3.23. The van der Waals surface area contributed by atoms with E-state index in [0.717, 1.165) is 0 Å². The van der Waals surface area contributed by atoms with Crippen LogP contribution in [0.3, 0.4) is 0 Å². The molecule has 0 spiro atoms. The lowest BCUT2D eigenvalue weighted by Crippen LogP contribution is -2.11. The number of hydrogen-bond donors (Lipinski definition) is 1. The largest absolute Gasteiger partial charge is 0.461 e. The second-order valence-corrected chi connectivity index (χ2v) is 7.07. The highest BCUT2D eigenvalue weighted by molar-refractivity contribution is 6.04. The van der Waals surface area contributed by atoms with Crippen LogP contribution in [0.1, 0.15) is 27.8 Å². The molecule has 0 saturated heterocycles. The monoisotopic (exact) mass is 447 g/mol. The zero-order chi connectivity index (χ0) is 23.4. The molecule has 0 radical (unpaired) electrons. The van der Waals surface area contributed by atoms with Crippen LogP contribution in [0.25, 0.3) is 16.9 Å². The maximum Gasteiger partial charge on any atom is 0.358 e. The van der Waals surface area contributed by atoms with Gasteiger partial charge in [0.1, 0.15) is 11.6 Å². The van der Waals surface area contributed by atoms with Crippen LogP contribution >= 0.6 is 0 Å². The average molecular weight is 447 g/mol. The lowest BCUT2D eigenvalue weighted by atomic mass is 10.1. The standard InChI is InChI=1S/C25H19F2N3O3/c1-2-33-25(32)22-15-23(30(29-22)21-12-10-19(27)11-13-21)17-4-3-5-20(14-17)28-24(31)16-6-8-18(26)9-7-16/h3-15H,2H2,1H3,(H,28,31). The van der Waals surface area contributed by atoms with Gasteiger partial charge in [-0.3, -0.25) is 4.79 Å². The zero-order valence-corrected chi connectivity index (χ0v) is 17.6. The Morgan fingerprint density at radius 1 is 0.939 bits per heavy atom. The fourth-order valence-corrected chi connectivity index (χ4v) is 3.23. The number of hydrogen-bond acceptors (Lipinski definition) is 4. The normalized spacial score (nSPS) is 10.6. The number of aromatic nitrogens is 2. The van der Waals surface area contributed by atoms with Crippen molar-refractivity contribution in [3.05, 3.63) is 102 Å². The first-order valence-corrected chi connectivity index (χ1v) is 10.1. The summed E-state index contributed by atoms with van der Waals surface area (Å²) >= 11 is 0. The van der Waals surface area contributed by atoms with Gasteiger partial charge in [0.05, 0.1) is 18.0 Å². The minimum absolute atomic E-state index is 0.0944. The Morgan fingerprint density at radius 3 is 2.27 bits per heavy atom. The lowest BCUT2D eigenvalue weighted by molar-refractivity contribution is 0.0519. The van der Waals surface area contributed by atoms with Crippen LogP contribution in [0.4, 0.5) is 14.5 Å². The van der Waals surface area contributed by atoms with Crippen LogP contribution in [-0.2, 0) is 4.74 Å². The summed E-state index contributed by atoms with van der Waals surface area (Å²) in [6, 6.07) is 19.4. The molecule has 0 aliphatic carbocycles. The Bertz CT molecular complexity index is 1300. The summed E-state index contributed by atoms with van der Waals surface area (Å²) in [5, 5.41) is 7.12. The minimum atomic E-state index is -0.583. The van der Waals surface area contributed by atoms with Gasteiger partial charge >= 0.3 is 5.97 Å². The van der Waals surface area contributed by atoms with Crippen molar-refractivity contribution in [3.63, 3.8) is 0 Å². The molecule has 0 aliphatic heterocycles. The van der Waals surface area contributed by atoms with Crippen molar-refractivity contribution in [1.29, 1.82) is 0 Å². The third-order valence-corrected chi connectivity index (χ3v) is 4.79. The molecule has 0 bridgehead atoms. The predicted molar refractivity (Wildman–Crippen MR) is 119 cm³/mol. The van der Waals surface area contributed by atoms with Gasteiger partial charge in [-0.1, -0.05) is 12.1 Å². The molecule has 4 rings (SSSR count). The average Bonchev–Trinajstić information content (AvgIpc) is 3.26. The van der Waals surface area contributed by atoms with E-state index >= 15 is 0 Å². The summed E-state index contributed by atoms with van der Waals surface area (Å²) in [7, 11) is 0. The molecule has 8 heteroatoms. The number of rotatable bonds is 6. The Balaban J connectivity index is 1.70. The molecule has 3 aromatic carbocycles. The molecule has 6 nitrogen and oxygen atoms in total. The Labute approximate surface area is 188 Å². The molecule has 4 aromatic rings. The SMILES string of the molecule is CCOC(=O)c1cc(-c2cccc(NC(=O)c3ccc(F)cc3)c2)n(-c2ccc(F)cc2)n1. The lowest BCUT2D eigenvalue weighted by Gasteiger charge is -2.10. The molecule has 1 aromatic heterocycles. The van der Waals surface area contributed by atoms with E-state index < -0.39 is 23.5 Å². The van der Waals surface area contributed by atoms with Gasteiger partial charge in [-0.15, -0.1) is 0 Å². The Kier molecular flexibility index (Phi) is 6.26. The summed E-state index contributed by atoms with van der Waals surface area (Å²) in [5.74, 6) is -1.81. The highest BCUT2D eigenvalue weighted by Gasteiger charge is 2.18. The van der Waals surface area contributed by atoms with Crippen LogP contribution in [0, 0.1) is 11.6 Å².